The topological polar surface area (TPSA) is 56.1 Å². The molecule has 1 aromatic heterocycles. The maximum atomic E-state index is 12.1. The Morgan fingerprint density at radius 3 is 2.80 bits per heavy atom. The molecule has 6 heteroatoms. The first-order valence-corrected chi connectivity index (χ1v) is 8.56. The van der Waals surface area contributed by atoms with Crippen LogP contribution in [-0.4, -0.2) is 29.3 Å². The van der Waals surface area contributed by atoms with Crippen LogP contribution in [0.25, 0.3) is 10.9 Å². The maximum absolute atomic E-state index is 12.1. The van der Waals surface area contributed by atoms with Crippen LogP contribution in [0.1, 0.15) is 12.0 Å². The van der Waals surface area contributed by atoms with Gasteiger partial charge in [0.1, 0.15) is 5.75 Å². The van der Waals surface area contributed by atoms with Gasteiger partial charge in [-0.25, -0.2) is 0 Å². The van der Waals surface area contributed by atoms with E-state index in [2.05, 4.69) is 10.4 Å². The number of rotatable bonds is 7. The van der Waals surface area contributed by atoms with Gasteiger partial charge in [0.15, 0.2) is 5.15 Å². The molecule has 130 valence electrons. The fraction of sp³-hybridized carbons (Fsp3) is 0.263. The van der Waals surface area contributed by atoms with Crippen LogP contribution in [0.5, 0.6) is 5.75 Å². The van der Waals surface area contributed by atoms with Crippen molar-refractivity contribution in [2.24, 2.45) is 0 Å². The lowest BCUT2D eigenvalue weighted by atomic mass is 10.1. The number of methoxy groups -OCH3 is 1. The summed E-state index contributed by atoms with van der Waals surface area (Å²) < 4.78 is 7.09. The van der Waals surface area contributed by atoms with Crippen LogP contribution in [0.4, 0.5) is 0 Å². The predicted molar refractivity (Wildman–Crippen MR) is 99.1 cm³/mol. The molecule has 1 N–H and O–H groups in total. The zero-order valence-corrected chi connectivity index (χ0v) is 14.8. The van der Waals surface area contributed by atoms with Crippen molar-refractivity contribution < 1.29 is 9.53 Å². The average Bonchev–Trinajstić information content (AvgIpc) is 2.97. The van der Waals surface area contributed by atoms with Gasteiger partial charge in [0.05, 0.1) is 19.2 Å². The Labute approximate surface area is 151 Å². The Bertz CT molecular complexity index is 876. The van der Waals surface area contributed by atoms with Gasteiger partial charge in [0.2, 0.25) is 5.91 Å². The first kappa shape index (κ1) is 17.3. The lowest BCUT2D eigenvalue weighted by molar-refractivity contribution is -0.121. The molecule has 3 aromatic rings. The molecule has 1 amide bonds. The molecule has 5 nitrogen and oxygen atoms in total. The second-order valence-electron chi connectivity index (χ2n) is 5.69. The second kappa shape index (κ2) is 8.03. The average molecular weight is 358 g/mol. The molecule has 0 radical (unpaired) electrons. The molecule has 0 unspecified atom stereocenters. The third-order valence-corrected chi connectivity index (χ3v) is 4.35. The van der Waals surface area contributed by atoms with Gasteiger partial charge in [-0.05, 0) is 30.2 Å². The van der Waals surface area contributed by atoms with Crippen molar-refractivity contribution in [3.63, 3.8) is 0 Å². The number of amides is 1. The zero-order valence-electron chi connectivity index (χ0n) is 14.0. The Kier molecular flexibility index (Phi) is 5.56. The van der Waals surface area contributed by atoms with Crippen LogP contribution < -0.4 is 10.1 Å². The first-order chi connectivity index (χ1) is 12.2. The summed E-state index contributed by atoms with van der Waals surface area (Å²) in [6, 6.07) is 15.6. The molecule has 0 bridgehead atoms. The highest BCUT2D eigenvalue weighted by atomic mass is 35.5. The number of benzene rings is 2. The van der Waals surface area contributed by atoms with Gasteiger partial charge in [0, 0.05) is 18.4 Å². The molecule has 0 aliphatic heterocycles. The Morgan fingerprint density at radius 1 is 1.20 bits per heavy atom. The monoisotopic (exact) mass is 357 g/mol. The highest BCUT2D eigenvalue weighted by molar-refractivity contribution is 6.34. The summed E-state index contributed by atoms with van der Waals surface area (Å²) in [5.74, 6) is 0.833. The fourth-order valence-corrected chi connectivity index (χ4v) is 3.05. The van der Waals surface area contributed by atoms with E-state index >= 15 is 0 Å². The Hall–Kier alpha value is -2.53. The van der Waals surface area contributed by atoms with E-state index < -0.39 is 0 Å². The number of para-hydroxylation sites is 2. The third-order valence-electron chi connectivity index (χ3n) is 4.07. The SMILES string of the molecule is COc1ccccc1CCNC(=O)CCn1nc(Cl)c2ccccc21. The number of carbonyl (C=O) groups is 1. The predicted octanol–water partition coefficient (Wildman–Crippen LogP) is 3.45. The number of nitrogens with one attached hydrogen (secondary N) is 1. The van der Waals surface area contributed by atoms with Gasteiger partial charge in [-0.1, -0.05) is 41.9 Å². The Morgan fingerprint density at radius 2 is 1.96 bits per heavy atom. The summed E-state index contributed by atoms with van der Waals surface area (Å²) in [7, 11) is 1.65. The summed E-state index contributed by atoms with van der Waals surface area (Å²) in [5.41, 5.74) is 2.02. The fourth-order valence-electron chi connectivity index (χ4n) is 2.80. The Balaban J connectivity index is 1.51. The molecule has 0 spiro atoms. The van der Waals surface area contributed by atoms with Crippen molar-refractivity contribution >= 4 is 28.4 Å². The summed E-state index contributed by atoms with van der Waals surface area (Å²) in [5, 5.41) is 8.61. The van der Waals surface area contributed by atoms with Crippen LogP contribution in [0, 0.1) is 0 Å². The maximum Gasteiger partial charge on any atom is 0.221 e. The van der Waals surface area contributed by atoms with E-state index in [1.54, 1.807) is 11.8 Å². The van der Waals surface area contributed by atoms with E-state index in [-0.39, 0.29) is 5.91 Å². The van der Waals surface area contributed by atoms with Gasteiger partial charge in [0.25, 0.3) is 0 Å². The van der Waals surface area contributed by atoms with Crippen LogP contribution in [-0.2, 0) is 17.8 Å². The number of halogens is 1. The second-order valence-corrected chi connectivity index (χ2v) is 6.05. The minimum absolute atomic E-state index is 0.00870. The highest BCUT2D eigenvalue weighted by Gasteiger charge is 2.09. The minimum Gasteiger partial charge on any atom is -0.496 e. The van der Waals surface area contributed by atoms with Gasteiger partial charge in [-0.2, -0.15) is 5.10 Å². The molecule has 2 aromatic carbocycles. The van der Waals surface area contributed by atoms with Crippen molar-refractivity contribution in [2.45, 2.75) is 19.4 Å². The lowest BCUT2D eigenvalue weighted by Crippen LogP contribution is -2.26. The first-order valence-electron chi connectivity index (χ1n) is 8.18. The third kappa shape index (κ3) is 4.12. The van der Waals surface area contributed by atoms with E-state index in [0.29, 0.717) is 24.7 Å². The molecular formula is C19H20ClN3O2. The van der Waals surface area contributed by atoms with E-state index in [0.717, 1.165) is 28.6 Å². The molecule has 0 aliphatic rings. The van der Waals surface area contributed by atoms with E-state index in [9.17, 15) is 4.79 Å². The number of hydrogen-bond acceptors (Lipinski definition) is 3. The number of aromatic nitrogens is 2. The summed E-state index contributed by atoms with van der Waals surface area (Å²) >= 11 is 6.13. The number of nitrogens with zero attached hydrogens (tertiary/aromatic N) is 2. The lowest BCUT2D eigenvalue weighted by Gasteiger charge is -2.09. The van der Waals surface area contributed by atoms with Gasteiger partial charge in [-0.15, -0.1) is 0 Å². The summed E-state index contributed by atoms with van der Waals surface area (Å²) in [6.07, 6.45) is 1.08. The standard InChI is InChI=1S/C19H20ClN3O2/c1-25-17-9-5-2-6-14(17)10-12-21-18(24)11-13-23-16-8-4-3-7-15(16)19(20)22-23/h2-9H,10-13H2,1H3,(H,21,24). The number of fused-ring (bicyclic) bond motifs is 1. The molecule has 0 fully saturated rings. The van der Waals surface area contributed by atoms with Gasteiger partial charge in [-0.3, -0.25) is 9.48 Å². The zero-order chi connectivity index (χ0) is 17.6. The van der Waals surface area contributed by atoms with Gasteiger partial charge < -0.3 is 10.1 Å². The summed E-state index contributed by atoms with van der Waals surface area (Å²) in [6.45, 7) is 1.06. The molecule has 25 heavy (non-hydrogen) atoms. The molecule has 3 rings (SSSR count). The molecule has 0 saturated carbocycles. The summed E-state index contributed by atoms with van der Waals surface area (Å²) in [4.78, 5) is 12.1. The molecule has 0 atom stereocenters. The van der Waals surface area contributed by atoms with Crippen LogP contribution in [0.3, 0.4) is 0 Å². The largest absolute Gasteiger partial charge is 0.496 e. The highest BCUT2D eigenvalue weighted by Crippen LogP contribution is 2.22. The van der Waals surface area contributed by atoms with Crippen LogP contribution >= 0.6 is 11.6 Å². The van der Waals surface area contributed by atoms with Crippen molar-refractivity contribution in [3.8, 4) is 5.75 Å². The van der Waals surface area contributed by atoms with Crippen molar-refractivity contribution in [1.82, 2.24) is 15.1 Å². The van der Waals surface area contributed by atoms with Crippen LogP contribution in [0.2, 0.25) is 5.15 Å². The van der Waals surface area contributed by atoms with Crippen molar-refractivity contribution in [1.29, 1.82) is 0 Å². The van der Waals surface area contributed by atoms with Crippen molar-refractivity contribution in [3.05, 3.63) is 59.2 Å². The number of aryl methyl sites for hydroxylation is 1. The quantitative estimate of drug-likeness (QED) is 0.704. The molecule has 0 aliphatic carbocycles. The molecule has 0 saturated heterocycles. The minimum atomic E-state index is -0.00870. The number of carbonyl (C=O) groups excluding carboxylic acids is 1. The molecular weight excluding hydrogens is 338 g/mol. The molecule has 1 heterocycles. The smallest absolute Gasteiger partial charge is 0.221 e. The van der Waals surface area contributed by atoms with Crippen LogP contribution in [0.15, 0.2) is 48.5 Å². The number of hydrogen-bond donors (Lipinski definition) is 1. The van der Waals surface area contributed by atoms with Crippen molar-refractivity contribution in [2.75, 3.05) is 13.7 Å². The van der Waals surface area contributed by atoms with E-state index in [1.807, 2.05) is 48.5 Å². The number of ether oxygens (including phenoxy) is 1. The normalized spacial score (nSPS) is 10.8. The van der Waals surface area contributed by atoms with E-state index in [4.69, 9.17) is 16.3 Å². The van der Waals surface area contributed by atoms with E-state index in [1.165, 1.54) is 0 Å². The van der Waals surface area contributed by atoms with Gasteiger partial charge >= 0.3 is 0 Å².